The van der Waals surface area contributed by atoms with Crippen LogP contribution >= 0.6 is 11.6 Å². The Morgan fingerprint density at radius 1 is 1.32 bits per heavy atom. The molecular weight excluding hydrogens is 256 g/mol. The zero-order chi connectivity index (χ0) is 14.0. The molecule has 1 saturated heterocycles. The topological polar surface area (TPSA) is 16.1 Å². The zero-order valence-corrected chi connectivity index (χ0v) is 13.3. The summed E-state index contributed by atoms with van der Waals surface area (Å²) in [5.74, 6) is 3.33. The Kier molecular flexibility index (Phi) is 4.72. The Morgan fingerprint density at radius 2 is 1.95 bits per heavy atom. The SMILES string of the molecule is Cc1cc(C)c(CCl)c(N2CCC(C(C)C)CC2)n1. The van der Waals surface area contributed by atoms with Crippen molar-refractivity contribution in [3.8, 4) is 0 Å². The van der Waals surface area contributed by atoms with E-state index in [9.17, 15) is 0 Å². The van der Waals surface area contributed by atoms with Crippen molar-refractivity contribution >= 4 is 17.4 Å². The van der Waals surface area contributed by atoms with Gasteiger partial charge in [0, 0.05) is 24.3 Å². The average molecular weight is 281 g/mol. The fourth-order valence-electron chi connectivity index (χ4n) is 3.05. The van der Waals surface area contributed by atoms with Gasteiger partial charge in [-0.3, -0.25) is 0 Å². The van der Waals surface area contributed by atoms with E-state index in [1.807, 2.05) is 0 Å². The lowest BCUT2D eigenvalue weighted by atomic mass is 9.86. The summed E-state index contributed by atoms with van der Waals surface area (Å²) in [6.45, 7) is 11.1. The Hall–Kier alpha value is -0.760. The van der Waals surface area contributed by atoms with Crippen molar-refractivity contribution in [2.24, 2.45) is 11.8 Å². The molecule has 0 radical (unpaired) electrons. The average Bonchev–Trinajstić information content (AvgIpc) is 2.38. The number of rotatable bonds is 3. The molecule has 2 heterocycles. The highest BCUT2D eigenvalue weighted by atomic mass is 35.5. The van der Waals surface area contributed by atoms with Crippen molar-refractivity contribution in [1.82, 2.24) is 4.98 Å². The van der Waals surface area contributed by atoms with Crippen LogP contribution in [0.25, 0.3) is 0 Å². The molecule has 0 amide bonds. The Bertz CT molecular complexity index is 435. The van der Waals surface area contributed by atoms with Crippen LogP contribution in [0.3, 0.4) is 0 Å². The maximum Gasteiger partial charge on any atom is 0.133 e. The highest BCUT2D eigenvalue weighted by Crippen LogP contribution is 2.30. The molecule has 0 aliphatic carbocycles. The van der Waals surface area contributed by atoms with Crippen LogP contribution in [-0.4, -0.2) is 18.1 Å². The summed E-state index contributed by atoms with van der Waals surface area (Å²) >= 11 is 6.12. The highest BCUT2D eigenvalue weighted by Gasteiger charge is 2.24. The summed E-state index contributed by atoms with van der Waals surface area (Å²) < 4.78 is 0. The molecule has 0 aromatic carbocycles. The molecule has 1 aromatic heterocycles. The van der Waals surface area contributed by atoms with Gasteiger partial charge in [0.05, 0.1) is 5.88 Å². The van der Waals surface area contributed by atoms with Crippen LogP contribution in [0.15, 0.2) is 6.07 Å². The van der Waals surface area contributed by atoms with E-state index >= 15 is 0 Å². The summed E-state index contributed by atoms with van der Waals surface area (Å²) in [6.07, 6.45) is 2.54. The summed E-state index contributed by atoms with van der Waals surface area (Å²) in [4.78, 5) is 7.17. The fourth-order valence-corrected chi connectivity index (χ4v) is 3.38. The number of hydrogen-bond donors (Lipinski definition) is 0. The van der Waals surface area contributed by atoms with Crippen molar-refractivity contribution in [2.75, 3.05) is 18.0 Å². The standard InChI is InChI=1S/C16H25ClN2/c1-11(2)14-5-7-19(8-6-14)16-15(10-17)12(3)9-13(4)18-16/h9,11,14H,5-8,10H2,1-4H3. The van der Waals surface area contributed by atoms with Crippen LogP contribution in [0, 0.1) is 25.7 Å². The Labute approximate surface area is 122 Å². The van der Waals surface area contributed by atoms with Gasteiger partial charge in [0.15, 0.2) is 0 Å². The molecule has 3 heteroatoms. The van der Waals surface area contributed by atoms with Gasteiger partial charge in [-0.2, -0.15) is 0 Å². The van der Waals surface area contributed by atoms with E-state index in [1.165, 1.54) is 24.0 Å². The van der Waals surface area contributed by atoms with Crippen molar-refractivity contribution in [3.63, 3.8) is 0 Å². The van der Waals surface area contributed by atoms with E-state index in [-0.39, 0.29) is 0 Å². The van der Waals surface area contributed by atoms with Crippen molar-refractivity contribution in [2.45, 2.75) is 46.4 Å². The maximum atomic E-state index is 6.12. The van der Waals surface area contributed by atoms with Crippen LogP contribution in [0.4, 0.5) is 5.82 Å². The molecule has 1 aliphatic heterocycles. The molecular formula is C16H25ClN2. The molecule has 0 bridgehead atoms. The molecule has 0 spiro atoms. The monoisotopic (exact) mass is 280 g/mol. The molecule has 1 fully saturated rings. The first-order chi connectivity index (χ1) is 9.02. The largest absolute Gasteiger partial charge is 0.356 e. The first kappa shape index (κ1) is 14.6. The molecule has 1 aliphatic rings. The van der Waals surface area contributed by atoms with Crippen LogP contribution in [0.1, 0.15) is 43.5 Å². The van der Waals surface area contributed by atoms with E-state index in [0.717, 1.165) is 36.4 Å². The van der Waals surface area contributed by atoms with E-state index < -0.39 is 0 Å². The number of nitrogens with zero attached hydrogens (tertiary/aromatic N) is 2. The number of aromatic nitrogens is 1. The first-order valence-electron chi connectivity index (χ1n) is 7.31. The number of alkyl halides is 1. The van der Waals surface area contributed by atoms with E-state index in [2.05, 4.69) is 38.7 Å². The van der Waals surface area contributed by atoms with Crippen molar-refractivity contribution in [1.29, 1.82) is 0 Å². The summed E-state index contributed by atoms with van der Waals surface area (Å²) in [5, 5.41) is 0. The van der Waals surface area contributed by atoms with Gasteiger partial charge in [-0.25, -0.2) is 4.98 Å². The minimum Gasteiger partial charge on any atom is -0.356 e. The van der Waals surface area contributed by atoms with Gasteiger partial charge in [-0.1, -0.05) is 13.8 Å². The van der Waals surface area contributed by atoms with Gasteiger partial charge in [-0.05, 0) is 50.2 Å². The molecule has 0 atom stereocenters. The van der Waals surface area contributed by atoms with E-state index in [1.54, 1.807) is 0 Å². The summed E-state index contributed by atoms with van der Waals surface area (Å²) in [5.41, 5.74) is 3.56. The molecule has 0 unspecified atom stereocenters. The second kappa shape index (κ2) is 6.13. The molecule has 0 saturated carbocycles. The van der Waals surface area contributed by atoms with Gasteiger partial charge >= 0.3 is 0 Å². The molecule has 1 aromatic rings. The van der Waals surface area contributed by atoms with Crippen molar-refractivity contribution in [3.05, 3.63) is 22.9 Å². The minimum absolute atomic E-state index is 0.554. The Morgan fingerprint density at radius 3 is 2.47 bits per heavy atom. The summed E-state index contributed by atoms with van der Waals surface area (Å²) in [7, 11) is 0. The van der Waals surface area contributed by atoms with E-state index in [4.69, 9.17) is 16.6 Å². The quantitative estimate of drug-likeness (QED) is 0.767. The number of anilines is 1. The number of piperidine rings is 1. The third-order valence-corrected chi connectivity index (χ3v) is 4.64. The number of aryl methyl sites for hydroxylation is 2. The molecule has 106 valence electrons. The van der Waals surface area contributed by atoms with Gasteiger partial charge in [0.25, 0.3) is 0 Å². The third kappa shape index (κ3) is 3.22. The third-order valence-electron chi connectivity index (χ3n) is 4.37. The van der Waals surface area contributed by atoms with Crippen LogP contribution < -0.4 is 4.90 Å². The lowest BCUT2D eigenvalue weighted by Gasteiger charge is -2.35. The zero-order valence-electron chi connectivity index (χ0n) is 12.5. The molecule has 2 rings (SSSR count). The maximum absolute atomic E-state index is 6.12. The highest BCUT2D eigenvalue weighted by molar-refractivity contribution is 6.17. The summed E-state index contributed by atoms with van der Waals surface area (Å²) in [6, 6.07) is 2.13. The van der Waals surface area contributed by atoms with Crippen LogP contribution in [-0.2, 0) is 5.88 Å². The second-order valence-corrected chi connectivity index (χ2v) is 6.35. The molecule has 0 N–H and O–H groups in total. The van der Waals surface area contributed by atoms with Crippen molar-refractivity contribution < 1.29 is 0 Å². The predicted molar refractivity (Wildman–Crippen MR) is 83.0 cm³/mol. The van der Waals surface area contributed by atoms with Gasteiger partial charge in [-0.15, -0.1) is 11.6 Å². The fraction of sp³-hybridized carbons (Fsp3) is 0.688. The number of pyridine rings is 1. The minimum atomic E-state index is 0.554. The molecule has 19 heavy (non-hydrogen) atoms. The Balaban J connectivity index is 2.19. The smallest absolute Gasteiger partial charge is 0.133 e. The van der Waals surface area contributed by atoms with Gasteiger partial charge in [0.2, 0.25) is 0 Å². The van der Waals surface area contributed by atoms with E-state index in [0.29, 0.717) is 5.88 Å². The molecule has 2 nitrogen and oxygen atoms in total. The first-order valence-corrected chi connectivity index (χ1v) is 7.84. The lowest BCUT2D eigenvalue weighted by Crippen LogP contribution is -2.36. The normalized spacial score (nSPS) is 17.3. The number of halogens is 1. The second-order valence-electron chi connectivity index (χ2n) is 6.08. The van der Waals surface area contributed by atoms with Crippen LogP contribution in [0.2, 0.25) is 0 Å². The lowest BCUT2D eigenvalue weighted by molar-refractivity contribution is 0.310. The van der Waals surface area contributed by atoms with Crippen LogP contribution in [0.5, 0.6) is 0 Å². The van der Waals surface area contributed by atoms with Gasteiger partial charge in [0.1, 0.15) is 5.82 Å². The number of hydrogen-bond acceptors (Lipinski definition) is 2. The van der Waals surface area contributed by atoms with Gasteiger partial charge < -0.3 is 4.90 Å². The predicted octanol–water partition coefficient (Wildman–Crippen LogP) is 4.31.